The van der Waals surface area contributed by atoms with E-state index in [9.17, 15) is 9.59 Å². The molecule has 2 rings (SSSR count). The zero-order valence-electron chi connectivity index (χ0n) is 13.5. The van der Waals surface area contributed by atoms with Gasteiger partial charge in [0.25, 0.3) is 0 Å². The van der Waals surface area contributed by atoms with Crippen molar-refractivity contribution in [1.82, 2.24) is 25.3 Å². The Morgan fingerprint density at radius 2 is 2.12 bits per heavy atom. The van der Waals surface area contributed by atoms with Crippen LogP contribution in [0.1, 0.15) is 24.3 Å². The van der Waals surface area contributed by atoms with Crippen LogP contribution in [-0.4, -0.2) is 44.8 Å². The number of amides is 1. The molecule has 8 nitrogen and oxygen atoms in total. The van der Waals surface area contributed by atoms with Gasteiger partial charge in [-0.3, -0.25) is 14.3 Å². The third kappa shape index (κ3) is 5.10. The van der Waals surface area contributed by atoms with Crippen LogP contribution < -0.4 is 10.6 Å². The molecule has 2 heterocycles. The predicted octanol–water partition coefficient (Wildman–Crippen LogP) is 1.39. The Kier molecular flexibility index (Phi) is 6.39. The van der Waals surface area contributed by atoms with E-state index in [1.807, 2.05) is 0 Å². The number of aromatic nitrogens is 4. The maximum atomic E-state index is 11.9. The molecule has 2 N–H and O–H groups in total. The molecular formula is C15H19ClN6O2. The Balaban J connectivity index is 1.81. The van der Waals surface area contributed by atoms with E-state index in [2.05, 4.69) is 25.9 Å². The molecule has 0 bridgehead atoms. The quantitative estimate of drug-likeness (QED) is 0.424. The third-order valence-electron chi connectivity index (χ3n) is 3.17. The molecule has 24 heavy (non-hydrogen) atoms. The zero-order valence-corrected chi connectivity index (χ0v) is 14.2. The third-order valence-corrected chi connectivity index (χ3v) is 3.46. The fraction of sp³-hybridized carbons (Fsp3) is 0.400. The van der Waals surface area contributed by atoms with E-state index in [-0.39, 0.29) is 29.3 Å². The van der Waals surface area contributed by atoms with E-state index >= 15 is 0 Å². The number of halogens is 1. The van der Waals surface area contributed by atoms with Gasteiger partial charge in [-0.15, -0.1) is 5.10 Å². The second-order valence-corrected chi connectivity index (χ2v) is 5.80. The van der Waals surface area contributed by atoms with Gasteiger partial charge in [-0.05, 0) is 12.1 Å². The lowest BCUT2D eigenvalue weighted by Gasteiger charge is -2.09. The lowest BCUT2D eigenvalue weighted by atomic mass is 10.1. The summed E-state index contributed by atoms with van der Waals surface area (Å²) in [7, 11) is 0. The first-order chi connectivity index (χ1) is 11.5. The minimum Gasteiger partial charge on any atom is -0.322 e. The van der Waals surface area contributed by atoms with Crippen molar-refractivity contribution in [3.05, 3.63) is 35.4 Å². The smallest absolute Gasteiger partial charge is 0.238 e. The Hall–Kier alpha value is -2.32. The molecule has 2 aromatic rings. The molecule has 0 atom stereocenters. The molecule has 0 aliphatic rings. The molecule has 2 aromatic heterocycles. The number of carbonyl (C=O) groups is 2. The minimum absolute atomic E-state index is 0.0930. The lowest BCUT2D eigenvalue weighted by molar-refractivity contribution is -0.115. The van der Waals surface area contributed by atoms with Crippen molar-refractivity contribution in [1.29, 1.82) is 0 Å². The summed E-state index contributed by atoms with van der Waals surface area (Å²) in [6, 6.07) is 3.14. The van der Waals surface area contributed by atoms with E-state index < -0.39 is 0 Å². The van der Waals surface area contributed by atoms with Crippen molar-refractivity contribution >= 4 is 29.0 Å². The number of pyridine rings is 1. The topological polar surface area (TPSA) is 102 Å². The van der Waals surface area contributed by atoms with Gasteiger partial charge in [0.1, 0.15) is 5.69 Å². The van der Waals surface area contributed by atoms with Crippen molar-refractivity contribution < 1.29 is 9.59 Å². The van der Waals surface area contributed by atoms with E-state index in [1.165, 1.54) is 0 Å². The highest BCUT2D eigenvalue weighted by Crippen LogP contribution is 2.20. The number of hydrogen-bond acceptors (Lipinski definition) is 6. The summed E-state index contributed by atoms with van der Waals surface area (Å²) in [6.07, 6.45) is 3.34. The Morgan fingerprint density at radius 1 is 1.33 bits per heavy atom. The van der Waals surface area contributed by atoms with Crippen LogP contribution in [0.5, 0.6) is 0 Å². The van der Waals surface area contributed by atoms with Crippen LogP contribution >= 0.6 is 11.6 Å². The van der Waals surface area contributed by atoms with Gasteiger partial charge in [0.2, 0.25) is 5.91 Å². The molecule has 0 radical (unpaired) electrons. The Bertz CT molecular complexity index is 702. The minimum atomic E-state index is -0.250. The first kappa shape index (κ1) is 18.0. The fourth-order valence-electron chi connectivity index (χ4n) is 1.90. The second-order valence-electron chi connectivity index (χ2n) is 5.44. The number of Topliss-reactive ketones (excluding diaryl/α,β-unsaturated/α-hetero) is 1. The van der Waals surface area contributed by atoms with Crippen LogP contribution in [0.4, 0.5) is 5.69 Å². The highest BCUT2D eigenvalue weighted by molar-refractivity contribution is 6.32. The molecule has 0 saturated carbocycles. The molecule has 0 aromatic carbocycles. The van der Waals surface area contributed by atoms with E-state index in [1.54, 1.807) is 43.1 Å². The molecule has 0 saturated heterocycles. The van der Waals surface area contributed by atoms with Crippen LogP contribution in [0, 0.1) is 5.92 Å². The number of nitrogens with zero attached hydrogens (tertiary/aromatic N) is 4. The average Bonchev–Trinajstić information content (AvgIpc) is 3.06. The highest BCUT2D eigenvalue weighted by Gasteiger charge is 2.14. The number of anilines is 1. The summed E-state index contributed by atoms with van der Waals surface area (Å²) in [4.78, 5) is 27.8. The number of carbonyl (C=O) groups excluding carboxylic acids is 2. The molecule has 9 heteroatoms. The predicted molar refractivity (Wildman–Crippen MR) is 89.9 cm³/mol. The Morgan fingerprint density at radius 3 is 2.75 bits per heavy atom. The summed E-state index contributed by atoms with van der Waals surface area (Å²) in [5, 5.41) is 13.3. The van der Waals surface area contributed by atoms with Gasteiger partial charge in [-0.25, -0.2) is 4.98 Å². The summed E-state index contributed by atoms with van der Waals surface area (Å²) < 4.78 is 1.66. The standard InChI is InChI=1S/C15H19ClN6O2/c1-10(2)14(24)11-3-4-12(15(16)20-11)19-13(23)9-17-5-7-22-8-6-18-21-22/h3-4,6,8,10,17H,5,7,9H2,1-2H3,(H,19,23). The SMILES string of the molecule is CC(C)C(=O)c1ccc(NC(=O)CNCCn2ccnn2)c(Cl)n1. The van der Waals surface area contributed by atoms with Crippen LogP contribution in [0.15, 0.2) is 24.5 Å². The second kappa shape index (κ2) is 8.51. The average molecular weight is 351 g/mol. The van der Waals surface area contributed by atoms with Gasteiger partial charge in [0.15, 0.2) is 10.9 Å². The maximum Gasteiger partial charge on any atom is 0.238 e. The summed E-state index contributed by atoms with van der Waals surface area (Å²) in [5.41, 5.74) is 0.666. The zero-order chi connectivity index (χ0) is 17.5. The monoisotopic (exact) mass is 350 g/mol. The van der Waals surface area contributed by atoms with Gasteiger partial charge in [-0.1, -0.05) is 30.7 Å². The first-order valence-electron chi connectivity index (χ1n) is 7.53. The van der Waals surface area contributed by atoms with Gasteiger partial charge < -0.3 is 10.6 Å². The Labute approximate surface area is 144 Å². The fourth-order valence-corrected chi connectivity index (χ4v) is 2.10. The number of rotatable bonds is 8. The molecular weight excluding hydrogens is 332 g/mol. The van der Waals surface area contributed by atoms with Crippen molar-refractivity contribution in [3.63, 3.8) is 0 Å². The number of hydrogen-bond donors (Lipinski definition) is 2. The molecule has 1 amide bonds. The summed E-state index contributed by atoms with van der Waals surface area (Å²) in [6.45, 7) is 4.89. The van der Waals surface area contributed by atoms with Crippen molar-refractivity contribution in [2.45, 2.75) is 20.4 Å². The molecule has 0 aliphatic heterocycles. The van der Waals surface area contributed by atoms with Gasteiger partial charge >= 0.3 is 0 Å². The molecule has 0 spiro atoms. The van der Waals surface area contributed by atoms with Crippen LogP contribution in [-0.2, 0) is 11.3 Å². The van der Waals surface area contributed by atoms with Crippen LogP contribution in [0.25, 0.3) is 0 Å². The number of nitrogens with one attached hydrogen (secondary N) is 2. The van der Waals surface area contributed by atoms with Crippen LogP contribution in [0.2, 0.25) is 5.15 Å². The molecule has 0 aliphatic carbocycles. The summed E-state index contributed by atoms with van der Waals surface area (Å²) >= 11 is 6.03. The summed E-state index contributed by atoms with van der Waals surface area (Å²) in [5.74, 6) is -0.507. The van der Waals surface area contributed by atoms with Crippen molar-refractivity contribution in [3.8, 4) is 0 Å². The maximum absolute atomic E-state index is 11.9. The van der Waals surface area contributed by atoms with E-state index in [0.717, 1.165) is 0 Å². The normalized spacial score (nSPS) is 10.8. The van der Waals surface area contributed by atoms with Crippen LogP contribution in [0.3, 0.4) is 0 Å². The molecule has 128 valence electrons. The van der Waals surface area contributed by atoms with Gasteiger partial charge in [0.05, 0.1) is 25.0 Å². The van der Waals surface area contributed by atoms with E-state index in [4.69, 9.17) is 11.6 Å². The van der Waals surface area contributed by atoms with E-state index in [0.29, 0.717) is 24.5 Å². The molecule has 0 fully saturated rings. The van der Waals surface area contributed by atoms with Gasteiger partial charge in [0, 0.05) is 18.7 Å². The highest BCUT2D eigenvalue weighted by atomic mass is 35.5. The lowest BCUT2D eigenvalue weighted by Crippen LogP contribution is -2.30. The van der Waals surface area contributed by atoms with Gasteiger partial charge in [-0.2, -0.15) is 0 Å². The largest absolute Gasteiger partial charge is 0.322 e. The molecule has 0 unspecified atom stereocenters. The first-order valence-corrected chi connectivity index (χ1v) is 7.90. The number of ketones is 1. The van der Waals surface area contributed by atoms with Crippen molar-refractivity contribution in [2.75, 3.05) is 18.4 Å². The van der Waals surface area contributed by atoms with Crippen molar-refractivity contribution in [2.24, 2.45) is 5.92 Å².